The maximum atomic E-state index is 12.6. The molecule has 2 rings (SSSR count). The van der Waals surface area contributed by atoms with Gasteiger partial charge in [0, 0.05) is 36.9 Å². The number of hydrogen-bond acceptors (Lipinski definition) is 4. The smallest absolute Gasteiger partial charge is 0.246 e. The van der Waals surface area contributed by atoms with Crippen molar-refractivity contribution in [2.24, 2.45) is 0 Å². The van der Waals surface area contributed by atoms with Crippen molar-refractivity contribution in [3.8, 4) is 0 Å². The highest BCUT2D eigenvalue weighted by atomic mass is 16.2. The highest BCUT2D eigenvalue weighted by Gasteiger charge is 2.21. The van der Waals surface area contributed by atoms with Gasteiger partial charge in [0.25, 0.3) is 0 Å². The first-order valence-corrected chi connectivity index (χ1v) is 8.97. The second-order valence-electron chi connectivity index (χ2n) is 6.39. The Labute approximate surface area is 163 Å². The van der Waals surface area contributed by atoms with E-state index in [2.05, 4.69) is 32.5 Å². The number of carbonyl (C=O) groups excluding carboxylic acids is 3. The van der Waals surface area contributed by atoms with Gasteiger partial charge in [-0.1, -0.05) is 36.9 Å². The molecule has 0 aliphatic carbocycles. The molecule has 0 unspecified atom stereocenters. The fraction of sp³-hybridized carbons (Fsp3) is 0.300. The van der Waals surface area contributed by atoms with E-state index in [9.17, 15) is 14.4 Å². The number of nitrogens with zero attached hydrogens (tertiary/aromatic N) is 1. The van der Waals surface area contributed by atoms with E-state index >= 15 is 0 Å². The van der Waals surface area contributed by atoms with E-state index in [1.807, 2.05) is 30.3 Å². The fourth-order valence-corrected chi connectivity index (χ4v) is 2.48. The first kappa shape index (κ1) is 20.9. The van der Waals surface area contributed by atoms with Crippen molar-refractivity contribution in [3.05, 3.63) is 66.3 Å². The number of H-pyrrole nitrogens is 1. The van der Waals surface area contributed by atoms with Gasteiger partial charge in [0.2, 0.25) is 17.7 Å². The number of carbonyl (C=O) groups is 3. The van der Waals surface area contributed by atoms with Crippen LogP contribution in [-0.2, 0) is 27.2 Å². The summed E-state index contributed by atoms with van der Waals surface area (Å²) in [6, 6.07) is 8.65. The van der Waals surface area contributed by atoms with Gasteiger partial charge in [0.1, 0.15) is 6.04 Å². The molecule has 0 saturated carbocycles. The number of amides is 3. The SMILES string of the molecule is C=C(C)C(=O)NCC(=O)N[C@@H](Cc1ccccc1)C(=O)NCCc1cnc[nH]1. The normalized spacial score (nSPS) is 11.3. The molecule has 4 N–H and O–H groups in total. The Morgan fingerprint density at radius 1 is 1.18 bits per heavy atom. The van der Waals surface area contributed by atoms with E-state index in [-0.39, 0.29) is 12.5 Å². The van der Waals surface area contributed by atoms with Crippen LogP contribution in [0.15, 0.2) is 55.0 Å². The van der Waals surface area contributed by atoms with Crippen molar-refractivity contribution >= 4 is 17.7 Å². The van der Waals surface area contributed by atoms with E-state index in [0.717, 1.165) is 11.3 Å². The molecule has 1 aromatic carbocycles. The van der Waals surface area contributed by atoms with Crippen LogP contribution in [0.2, 0.25) is 0 Å². The van der Waals surface area contributed by atoms with Gasteiger partial charge in [-0.3, -0.25) is 14.4 Å². The van der Waals surface area contributed by atoms with Crippen molar-refractivity contribution < 1.29 is 14.4 Å². The average molecular weight is 383 g/mol. The molecule has 0 aliphatic rings. The highest BCUT2D eigenvalue weighted by Crippen LogP contribution is 2.04. The van der Waals surface area contributed by atoms with Crippen LogP contribution in [-0.4, -0.2) is 46.8 Å². The van der Waals surface area contributed by atoms with E-state index in [1.165, 1.54) is 0 Å². The molecule has 0 aliphatic heterocycles. The molecule has 148 valence electrons. The summed E-state index contributed by atoms with van der Waals surface area (Å²) >= 11 is 0. The first-order chi connectivity index (χ1) is 13.5. The molecule has 1 heterocycles. The second kappa shape index (κ2) is 10.7. The highest BCUT2D eigenvalue weighted by molar-refractivity contribution is 5.95. The van der Waals surface area contributed by atoms with Crippen molar-refractivity contribution in [2.75, 3.05) is 13.1 Å². The Balaban J connectivity index is 1.93. The van der Waals surface area contributed by atoms with Gasteiger partial charge in [0.15, 0.2) is 0 Å². The molecule has 28 heavy (non-hydrogen) atoms. The molecule has 0 spiro atoms. The average Bonchev–Trinajstić information content (AvgIpc) is 3.19. The van der Waals surface area contributed by atoms with Crippen LogP contribution < -0.4 is 16.0 Å². The van der Waals surface area contributed by atoms with Crippen LogP contribution in [0, 0.1) is 0 Å². The van der Waals surface area contributed by atoms with Crippen LogP contribution in [0.1, 0.15) is 18.2 Å². The molecule has 8 heteroatoms. The third-order valence-electron chi connectivity index (χ3n) is 3.98. The van der Waals surface area contributed by atoms with Gasteiger partial charge >= 0.3 is 0 Å². The molecule has 1 aromatic heterocycles. The summed E-state index contributed by atoms with van der Waals surface area (Å²) in [6.45, 7) is 5.26. The minimum atomic E-state index is -0.751. The molecule has 2 aromatic rings. The quantitative estimate of drug-likeness (QED) is 0.447. The summed E-state index contributed by atoms with van der Waals surface area (Å²) in [6.07, 6.45) is 4.22. The Morgan fingerprint density at radius 3 is 2.57 bits per heavy atom. The summed E-state index contributed by atoms with van der Waals surface area (Å²) in [4.78, 5) is 43.2. The zero-order chi connectivity index (χ0) is 20.4. The predicted molar refractivity (Wildman–Crippen MR) is 105 cm³/mol. The Kier molecular flexibility index (Phi) is 7.95. The molecule has 0 radical (unpaired) electrons. The lowest BCUT2D eigenvalue weighted by Crippen LogP contribution is -2.50. The third kappa shape index (κ3) is 7.06. The predicted octanol–water partition coefficient (Wildman–Crippen LogP) is 0.488. The summed E-state index contributed by atoms with van der Waals surface area (Å²) in [5.41, 5.74) is 2.14. The van der Waals surface area contributed by atoms with Gasteiger partial charge in [-0.25, -0.2) is 4.98 Å². The molecular formula is C20H25N5O3. The van der Waals surface area contributed by atoms with Gasteiger partial charge in [0.05, 0.1) is 12.9 Å². The summed E-state index contributed by atoms with van der Waals surface area (Å²) in [7, 11) is 0. The van der Waals surface area contributed by atoms with Crippen molar-refractivity contribution in [2.45, 2.75) is 25.8 Å². The van der Waals surface area contributed by atoms with E-state index in [0.29, 0.717) is 25.0 Å². The number of aromatic nitrogens is 2. The lowest BCUT2D eigenvalue weighted by molar-refractivity contribution is -0.129. The largest absolute Gasteiger partial charge is 0.354 e. The first-order valence-electron chi connectivity index (χ1n) is 8.97. The van der Waals surface area contributed by atoms with E-state index in [1.54, 1.807) is 19.4 Å². The summed E-state index contributed by atoms with van der Waals surface area (Å²) in [5.74, 6) is -1.14. The van der Waals surface area contributed by atoms with Crippen LogP contribution in [0.25, 0.3) is 0 Å². The summed E-state index contributed by atoms with van der Waals surface area (Å²) < 4.78 is 0. The molecule has 8 nitrogen and oxygen atoms in total. The van der Waals surface area contributed by atoms with Crippen LogP contribution in [0.3, 0.4) is 0 Å². The minimum Gasteiger partial charge on any atom is -0.354 e. The van der Waals surface area contributed by atoms with Gasteiger partial charge in [-0.05, 0) is 12.5 Å². The number of rotatable bonds is 10. The fourth-order valence-electron chi connectivity index (χ4n) is 2.48. The van der Waals surface area contributed by atoms with Crippen molar-refractivity contribution in [3.63, 3.8) is 0 Å². The zero-order valence-corrected chi connectivity index (χ0v) is 15.8. The molecule has 0 fully saturated rings. The van der Waals surface area contributed by atoms with Gasteiger partial charge in [-0.15, -0.1) is 0 Å². The van der Waals surface area contributed by atoms with Gasteiger partial charge in [-0.2, -0.15) is 0 Å². The molecular weight excluding hydrogens is 358 g/mol. The summed E-state index contributed by atoms with van der Waals surface area (Å²) in [5, 5.41) is 7.97. The Bertz CT molecular complexity index is 803. The molecule has 3 amide bonds. The van der Waals surface area contributed by atoms with Crippen LogP contribution >= 0.6 is 0 Å². The van der Waals surface area contributed by atoms with Crippen molar-refractivity contribution in [1.29, 1.82) is 0 Å². The maximum Gasteiger partial charge on any atom is 0.246 e. The maximum absolute atomic E-state index is 12.6. The minimum absolute atomic E-state index is 0.224. The number of imidazole rings is 1. The number of hydrogen-bond donors (Lipinski definition) is 4. The number of aromatic amines is 1. The zero-order valence-electron chi connectivity index (χ0n) is 15.8. The number of benzene rings is 1. The third-order valence-corrected chi connectivity index (χ3v) is 3.98. The Morgan fingerprint density at radius 2 is 1.93 bits per heavy atom. The number of nitrogens with one attached hydrogen (secondary N) is 4. The van der Waals surface area contributed by atoms with E-state index in [4.69, 9.17) is 0 Å². The van der Waals surface area contributed by atoms with E-state index < -0.39 is 17.9 Å². The van der Waals surface area contributed by atoms with Crippen molar-refractivity contribution in [1.82, 2.24) is 25.9 Å². The Hall–Kier alpha value is -3.42. The lowest BCUT2D eigenvalue weighted by atomic mass is 10.1. The van der Waals surface area contributed by atoms with Crippen LogP contribution in [0.5, 0.6) is 0 Å². The van der Waals surface area contributed by atoms with Gasteiger partial charge < -0.3 is 20.9 Å². The van der Waals surface area contributed by atoms with Crippen LogP contribution in [0.4, 0.5) is 0 Å². The molecule has 1 atom stereocenters. The topological polar surface area (TPSA) is 116 Å². The monoisotopic (exact) mass is 383 g/mol. The molecule has 0 bridgehead atoms. The standard InChI is InChI=1S/C20H25N5O3/c1-14(2)19(27)23-12-18(26)25-17(10-15-6-4-3-5-7-15)20(28)22-9-8-16-11-21-13-24-16/h3-7,11,13,17H,1,8-10,12H2,2H3,(H,21,24)(H,22,28)(H,23,27)(H,25,26)/t17-/m0/s1. The lowest BCUT2D eigenvalue weighted by Gasteiger charge is -2.19. The second-order valence-corrected chi connectivity index (χ2v) is 6.39. The molecule has 0 saturated heterocycles.